The molecule has 0 aliphatic carbocycles. The van der Waals surface area contributed by atoms with Crippen molar-refractivity contribution < 1.29 is 28.5 Å². The molecule has 0 amide bonds. The summed E-state index contributed by atoms with van der Waals surface area (Å²) < 4.78 is 23.8. The highest BCUT2D eigenvalue weighted by Crippen LogP contribution is 2.36. The Labute approximate surface area is 324 Å². The Morgan fingerprint density at radius 2 is 0.944 bits per heavy atom. The van der Waals surface area contributed by atoms with E-state index < -0.39 is 36.4 Å². The topological polar surface area (TPSA) is 96.8 Å². The number of carbonyl (C=O) groups excluding carboxylic acids is 2. The van der Waals surface area contributed by atoms with Crippen LogP contribution in [0.25, 0.3) is 22.3 Å². The highest BCUT2D eigenvalue weighted by molar-refractivity contribution is 6.32. The average molecular weight is 762 g/mol. The summed E-state index contributed by atoms with van der Waals surface area (Å²) in [6, 6.07) is 38.2. The van der Waals surface area contributed by atoms with E-state index in [1.54, 1.807) is 62.9 Å². The molecule has 6 rings (SSSR count). The van der Waals surface area contributed by atoms with E-state index in [9.17, 15) is 9.59 Å². The summed E-state index contributed by atoms with van der Waals surface area (Å²) in [6.07, 6.45) is 4.41. The van der Waals surface area contributed by atoms with Crippen molar-refractivity contribution in [2.45, 2.75) is 51.1 Å². The highest BCUT2D eigenvalue weighted by Gasteiger charge is 2.28. The molecular formula is C44H38Cl2N2O6. The third-order valence-electron chi connectivity index (χ3n) is 8.60. The third-order valence-corrected chi connectivity index (χ3v) is 9.19. The maximum absolute atomic E-state index is 13.0. The minimum atomic E-state index is -1.12. The summed E-state index contributed by atoms with van der Waals surface area (Å²) >= 11 is 13.3. The number of hydrogen-bond acceptors (Lipinski definition) is 8. The van der Waals surface area contributed by atoms with Gasteiger partial charge in [-0.1, -0.05) is 108 Å². The molecule has 2 aromatic heterocycles. The van der Waals surface area contributed by atoms with E-state index in [4.69, 9.17) is 42.1 Å². The zero-order chi connectivity index (χ0) is 37.9. The molecule has 0 N–H and O–H groups in total. The maximum Gasteiger partial charge on any atom is 0.417 e. The number of halogens is 2. The Morgan fingerprint density at radius 1 is 0.537 bits per heavy atom. The molecule has 0 saturated heterocycles. The second kappa shape index (κ2) is 18.4. The average Bonchev–Trinajstić information content (AvgIpc) is 3.20. The summed E-state index contributed by atoms with van der Waals surface area (Å²) in [5.74, 6) is -1.34. The number of hydrogen-bond donors (Lipinski definition) is 0. The van der Waals surface area contributed by atoms with Crippen molar-refractivity contribution in [1.29, 1.82) is 0 Å². The van der Waals surface area contributed by atoms with Gasteiger partial charge in [0.15, 0.2) is 0 Å². The van der Waals surface area contributed by atoms with Crippen molar-refractivity contribution in [2.75, 3.05) is 0 Å². The minimum Gasteiger partial charge on any atom is -0.484 e. The van der Waals surface area contributed by atoms with Gasteiger partial charge in [0, 0.05) is 48.8 Å². The molecule has 54 heavy (non-hydrogen) atoms. The zero-order valence-electron chi connectivity index (χ0n) is 29.7. The summed E-state index contributed by atoms with van der Waals surface area (Å²) in [5.41, 5.74) is 5.43. The summed E-state index contributed by atoms with van der Waals surface area (Å²) in [6.45, 7) is 3.36. The molecule has 0 spiro atoms. The van der Waals surface area contributed by atoms with Crippen molar-refractivity contribution in [1.82, 2.24) is 9.97 Å². The van der Waals surface area contributed by atoms with Gasteiger partial charge >= 0.3 is 11.9 Å². The van der Waals surface area contributed by atoms with E-state index in [-0.39, 0.29) is 12.8 Å². The minimum absolute atomic E-state index is 0.206. The van der Waals surface area contributed by atoms with Crippen LogP contribution in [0.1, 0.15) is 50.0 Å². The van der Waals surface area contributed by atoms with Crippen molar-refractivity contribution in [3.63, 3.8) is 0 Å². The third kappa shape index (κ3) is 10.2. The molecule has 0 fully saturated rings. The number of benzene rings is 4. The Morgan fingerprint density at radius 3 is 1.30 bits per heavy atom. The van der Waals surface area contributed by atoms with Crippen LogP contribution in [0.2, 0.25) is 10.0 Å². The van der Waals surface area contributed by atoms with Crippen LogP contribution >= 0.6 is 23.2 Å². The number of aromatic nitrogens is 2. The van der Waals surface area contributed by atoms with Crippen LogP contribution in [0.3, 0.4) is 0 Å². The van der Waals surface area contributed by atoms with Crippen LogP contribution in [0.4, 0.5) is 0 Å². The molecule has 10 heteroatoms. The molecule has 4 atom stereocenters. The smallest absolute Gasteiger partial charge is 0.417 e. The van der Waals surface area contributed by atoms with Gasteiger partial charge in [0.05, 0.1) is 10.0 Å². The van der Waals surface area contributed by atoms with E-state index in [0.29, 0.717) is 21.5 Å². The lowest BCUT2D eigenvalue weighted by atomic mass is 10.0. The quantitative estimate of drug-likeness (QED) is 0.0799. The molecule has 4 unspecified atom stereocenters. The first-order chi connectivity index (χ1) is 26.2. The predicted molar refractivity (Wildman–Crippen MR) is 209 cm³/mol. The first-order valence-electron chi connectivity index (χ1n) is 17.5. The van der Waals surface area contributed by atoms with Crippen LogP contribution in [0, 0.1) is 0 Å². The Kier molecular flexibility index (Phi) is 12.9. The number of carbonyl (C=O) groups is 2. The molecule has 0 aliphatic heterocycles. The number of nitrogens with zero attached hydrogens (tertiary/aromatic N) is 2. The maximum atomic E-state index is 13.0. The number of rotatable bonds is 14. The first-order valence-corrected chi connectivity index (χ1v) is 18.2. The Bertz CT molecular complexity index is 1990. The summed E-state index contributed by atoms with van der Waals surface area (Å²) in [5, 5.41) is 0.847. The molecule has 0 radical (unpaired) electrons. The molecule has 0 aliphatic rings. The van der Waals surface area contributed by atoms with E-state index >= 15 is 0 Å². The highest BCUT2D eigenvalue weighted by atomic mass is 35.5. The molecule has 6 aromatic rings. The lowest BCUT2D eigenvalue weighted by Crippen LogP contribution is -2.30. The molecule has 2 heterocycles. The molecule has 0 bridgehead atoms. The summed E-state index contributed by atoms with van der Waals surface area (Å²) in [4.78, 5) is 34.5. The van der Waals surface area contributed by atoms with Crippen LogP contribution in [-0.2, 0) is 19.1 Å². The number of ether oxygens (including phenoxy) is 4. The van der Waals surface area contributed by atoms with E-state index in [2.05, 4.69) is 9.97 Å². The van der Waals surface area contributed by atoms with Gasteiger partial charge in [-0.05, 0) is 72.5 Å². The molecular weight excluding hydrogens is 723 g/mol. The molecule has 4 aromatic carbocycles. The van der Waals surface area contributed by atoms with Crippen molar-refractivity contribution >= 4 is 35.1 Å². The van der Waals surface area contributed by atoms with E-state index in [1.807, 2.05) is 97.1 Å². The second-order valence-corrected chi connectivity index (χ2v) is 13.5. The van der Waals surface area contributed by atoms with Crippen molar-refractivity contribution in [2.24, 2.45) is 0 Å². The SMILES string of the molecule is CC(CC(Oc1ccc(-c2ccccc2)cc1Cl)c1cccnc1)OC(=O)C(=O)OC(C)CC(Oc1ccc(-c2ccccc2)cc1Cl)c1cccnc1. The molecule has 274 valence electrons. The van der Waals surface area contributed by atoms with Crippen molar-refractivity contribution in [3.05, 3.63) is 167 Å². The standard InChI is InChI=1S/C44H38Cl2N2O6/c1-29(23-41(35-15-9-21-47-27-35)53-39-19-17-33(25-37(39)45)31-11-5-3-6-12-31)51-43(49)44(50)52-30(2)24-42(36-16-10-22-48-28-36)54-40-20-18-34(26-38(40)46)32-13-7-4-8-14-32/h3-22,25-30,41-42H,23-24H2,1-2H3. The van der Waals surface area contributed by atoms with Gasteiger partial charge in [-0.3, -0.25) is 9.97 Å². The van der Waals surface area contributed by atoms with Gasteiger partial charge in [-0.2, -0.15) is 0 Å². The number of esters is 2. The fourth-order valence-corrected chi connectivity index (χ4v) is 6.37. The van der Waals surface area contributed by atoms with Crippen LogP contribution < -0.4 is 9.47 Å². The monoisotopic (exact) mass is 760 g/mol. The van der Waals surface area contributed by atoms with Gasteiger partial charge in [-0.15, -0.1) is 0 Å². The molecule has 0 saturated carbocycles. The first kappa shape index (κ1) is 38.0. The van der Waals surface area contributed by atoms with Gasteiger partial charge in [-0.25, -0.2) is 9.59 Å². The van der Waals surface area contributed by atoms with Gasteiger partial charge in [0.1, 0.15) is 35.9 Å². The van der Waals surface area contributed by atoms with Gasteiger partial charge < -0.3 is 18.9 Å². The normalized spacial score (nSPS) is 13.2. The fraction of sp³-hybridized carbons (Fsp3) is 0.182. The number of pyridine rings is 2. The van der Waals surface area contributed by atoms with E-state index in [0.717, 1.165) is 33.4 Å². The van der Waals surface area contributed by atoms with Crippen LogP contribution in [0.5, 0.6) is 11.5 Å². The Balaban J connectivity index is 1.08. The van der Waals surface area contributed by atoms with Crippen molar-refractivity contribution in [3.8, 4) is 33.8 Å². The lowest BCUT2D eigenvalue weighted by molar-refractivity contribution is -0.174. The Hall–Kier alpha value is -5.70. The largest absolute Gasteiger partial charge is 0.484 e. The van der Waals surface area contributed by atoms with E-state index in [1.165, 1.54) is 0 Å². The van der Waals surface area contributed by atoms with Crippen LogP contribution in [0.15, 0.2) is 146 Å². The predicted octanol–water partition coefficient (Wildman–Crippen LogP) is 10.7. The fourth-order valence-electron chi connectivity index (χ4n) is 5.92. The molecule has 8 nitrogen and oxygen atoms in total. The van der Waals surface area contributed by atoms with Gasteiger partial charge in [0.25, 0.3) is 0 Å². The zero-order valence-corrected chi connectivity index (χ0v) is 31.2. The second-order valence-electron chi connectivity index (χ2n) is 12.7. The van der Waals surface area contributed by atoms with Crippen LogP contribution in [-0.4, -0.2) is 34.1 Å². The lowest BCUT2D eigenvalue weighted by Gasteiger charge is -2.24. The summed E-state index contributed by atoms with van der Waals surface area (Å²) in [7, 11) is 0. The van der Waals surface area contributed by atoms with Gasteiger partial charge in [0.2, 0.25) is 0 Å².